The van der Waals surface area contributed by atoms with Crippen molar-refractivity contribution in [3.05, 3.63) is 40.2 Å². The molecule has 1 aliphatic heterocycles. The van der Waals surface area contributed by atoms with Gasteiger partial charge in [-0.2, -0.15) is 0 Å². The van der Waals surface area contributed by atoms with Crippen molar-refractivity contribution >= 4 is 17.5 Å². The van der Waals surface area contributed by atoms with Crippen LogP contribution in [0.15, 0.2) is 24.3 Å². The molecule has 140 valence electrons. The average Bonchev–Trinajstić information content (AvgIpc) is 2.59. The van der Waals surface area contributed by atoms with E-state index in [1.807, 2.05) is 24.3 Å². The third kappa shape index (κ3) is 6.29. The molecule has 1 amide bonds. The van der Waals surface area contributed by atoms with Crippen molar-refractivity contribution in [1.29, 1.82) is 0 Å². The van der Waals surface area contributed by atoms with Crippen LogP contribution in [0.25, 0.3) is 5.32 Å². The summed E-state index contributed by atoms with van der Waals surface area (Å²) in [5.41, 5.74) is 6.04. The van der Waals surface area contributed by atoms with Gasteiger partial charge in [-0.25, -0.2) is 0 Å². The summed E-state index contributed by atoms with van der Waals surface area (Å²) < 4.78 is 0. The molecule has 2 N–H and O–H groups in total. The molecule has 1 aromatic rings. The summed E-state index contributed by atoms with van der Waals surface area (Å²) in [5, 5.41) is 5.19. The number of benzene rings is 1. The van der Waals surface area contributed by atoms with E-state index in [1.54, 1.807) is 0 Å². The fourth-order valence-corrected chi connectivity index (χ4v) is 3.98. The van der Waals surface area contributed by atoms with Crippen LogP contribution in [0.1, 0.15) is 51.5 Å². The van der Waals surface area contributed by atoms with Gasteiger partial charge in [-0.05, 0) is 50.5 Å². The Labute approximate surface area is 175 Å². The Hall–Kier alpha value is -0.503. The van der Waals surface area contributed by atoms with Crippen LogP contribution >= 0.6 is 11.6 Å². The molecule has 4 nitrogen and oxygen atoms in total. The molecule has 1 atom stereocenters. The number of carbonyl (C=O) groups excluding carboxylic acids is 1. The minimum absolute atomic E-state index is 0. The number of hydrogen-bond donors (Lipinski definition) is 1. The van der Waals surface area contributed by atoms with Crippen molar-refractivity contribution in [2.75, 3.05) is 26.2 Å². The number of carbonyl (C=O) groups is 1. The third-order valence-electron chi connectivity index (χ3n) is 5.20. The zero-order valence-electron chi connectivity index (χ0n) is 16.5. The number of hydrogen-bond acceptors (Lipinski definition) is 2. The minimum atomic E-state index is -0.756. The molecule has 1 fully saturated rings. The van der Waals surface area contributed by atoms with Gasteiger partial charge >= 0.3 is 18.9 Å². The van der Waals surface area contributed by atoms with Gasteiger partial charge in [0.2, 0.25) is 5.91 Å². The molecular weight excluding hydrogens is 341 g/mol. The van der Waals surface area contributed by atoms with Gasteiger partial charge in [0.1, 0.15) is 0 Å². The molecule has 0 aromatic heterocycles. The molecule has 0 aliphatic carbocycles. The van der Waals surface area contributed by atoms with Crippen molar-refractivity contribution in [1.82, 2.24) is 4.90 Å². The molecule has 0 radical (unpaired) electrons. The molecule has 1 saturated heterocycles. The van der Waals surface area contributed by atoms with Gasteiger partial charge in [0.25, 0.3) is 0 Å². The summed E-state index contributed by atoms with van der Waals surface area (Å²) in [6.45, 7) is 7.80. The Kier molecular flexibility index (Phi) is 10.3. The van der Waals surface area contributed by atoms with Crippen LogP contribution in [0, 0.1) is 0 Å². The number of amides is 1. The number of nitrogens with two attached hydrogens (primary N) is 1. The summed E-state index contributed by atoms with van der Waals surface area (Å²) in [7, 11) is 0. The molecule has 0 bridgehead atoms. The van der Waals surface area contributed by atoms with Gasteiger partial charge in [0.05, 0.1) is 5.41 Å². The van der Waals surface area contributed by atoms with Gasteiger partial charge in [-0.15, -0.1) is 12.6 Å². The van der Waals surface area contributed by atoms with Crippen LogP contribution in [-0.4, -0.2) is 43.0 Å². The smallest absolute Gasteiger partial charge is 0.660 e. The molecule has 6 heteroatoms. The minimum Gasteiger partial charge on any atom is -0.660 e. The van der Waals surface area contributed by atoms with Crippen LogP contribution in [0.4, 0.5) is 0 Å². The van der Waals surface area contributed by atoms with Crippen LogP contribution in [0.2, 0.25) is 5.02 Å². The van der Waals surface area contributed by atoms with Crippen molar-refractivity contribution in [3.63, 3.8) is 0 Å². The Balaban J connectivity index is 0.00000338. The maximum Gasteiger partial charge on any atom is 1.00 e. The number of piperidine rings is 1. The van der Waals surface area contributed by atoms with E-state index >= 15 is 0 Å². The maximum atomic E-state index is 12.6. The molecule has 1 aliphatic rings. The predicted molar refractivity (Wildman–Crippen MR) is 105 cm³/mol. The summed E-state index contributed by atoms with van der Waals surface area (Å²) >= 11 is 6.46. The molecule has 1 heterocycles. The van der Waals surface area contributed by atoms with E-state index < -0.39 is 5.41 Å². The summed E-state index contributed by atoms with van der Waals surface area (Å²) in [6.07, 6.45) is 5.07. The first kappa shape index (κ1) is 23.5. The van der Waals surface area contributed by atoms with E-state index in [0.717, 1.165) is 25.2 Å². The SMILES string of the molecule is CC(C)[N-]CCC(CCN1CCCCC1)(C(N)=O)c1ccccc1Cl.[Li+]. The molecule has 0 saturated carbocycles. The average molecular weight is 372 g/mol. The number of likely N-dealkylation sites (tertiary alicyclic amines) is 1. The van der Waals surface area contributed by atoms with Gasteiger partial charge in [-0.3, -0.25) is 4.79 Å². The third-order valence-corrected chi connectivity index (χ3v) is 5.53. The van der Waals surface area contributed by atoms with E-state index in [-0.39, 0.29) is 30.8 Å². The van der Waals surface area contributed by atoms with Gasteiger partial charge in [0.15, 0.2) is 0 Å². The fraction of sp³-hybridized carbons (Fsp3) is 0.650. The molecule has 1 unspecified atom stereocenters. The Morgan fingerprint density at radius 3 is 2.46 bits per heavy atom. The van der Waals surface area contributed by atoms with Crippen molar-refractivity contribution < 1.29 is 23.7 Å². The summed E-state index contributed by atoms with van der Waals surface area (Å²) in [5.74, 6) is -0.295. The second kappa shape index (κ2) is 11.4. The normalized spacial score (nSPS) is 17.5. The maximum absolute atomic E-state index is 12.6. The predicted octanol–water partition coefficient (Wildman–Crippen LogP) is 1.12. The number of primary amides is 1. The van der Waals surface area contributed by atoms with Gasteiger partial charge < -0.3 is 16.0 Å². The van der Waals surface area contributed by atoms with Crippen LogP contribution < -0.4 is 24.6 Å². The van der Waals surface area contributed by atoms with Crippen molar-refractivity contribution in [2.24, 2.45) is 5.73 Å². The largest absolute Gasteiger partial charge is 1.00 e. The molecular formula is C20H31ClLiN3O. The first-order valence-electron chi connectivity index (χ1n) is 9.39. The zero-order chi connectivity index (χ0) is 18.3. The van der Waals surface area contributed by atoms with Crippen LogP contribution in [-0.2, 0) is 10.2 Å². The Bertz CT molecular complexity index is 564. The standard InChI is InChI=1S/C20H31ClN3O.Li/c1-16(2)23-12-10-20(19(22)25,17-8-4-5-9-18(17)21)11-15-24-13-6-3-7-14-24;/h4-5,8-9,16H,3,6-7,10-15H2,1-2H3,(H2,22,25);/q-1;+1. The van der Waals surface area contributed by atoms with E-state index in [2.05, 4.69) is 24.1 Å². The molecule has 1 aromatic carbocycles. The molecule has 2 rings (SSSR count). The van der Waals surface area contributed by atoms with Crippen molar-refractivity contribution in [2.45, 2.75) is 57.4 Å². The van der Waals surface area contributed by atoms with E-state index in [4.69, 9.17) is 17.3 Å². The molecule has 26 heavy (non-hydrogen) atoms. The van der Waals surface area contributed by atoms with E-state index in [0.29, 0.717) is 24.4 Å². The fourth-order valence-electron chi connectivity index (χ4n) is 3.67. The second-order valence-electron chi connectivity index (χ2n) is 7.33. The Morgan fingerprint density at radius 2 is 1.88 bits per heavy atom. The van der Waals surface area contributed by atoms with Crippen LogP contribution in [0.5, 0.6) is 0 Å². The monoisotopic (exact) mass is 371 g/mol. The topological polar surface area (TPSA) is 60.4 Å². The zero-order valence-corrected chi connectivity index (χ0v) is 17.3. The van der Waals surface area contributed by atoms with E-state index in [9.17, 15) is 4.79 Å². The summed E-state index contributed by atoms with van der Waals surface area (Å²) in [6, 6.07) is 7.85. The van der Waals surface area contributed by atoms with Gasteiger partial charge in [0, 0.05) is 5.02 Å². The first-order valence-corrected chi connectivity index (χ1v) is 9.77. The Morgan fingerprint density at radius 1 is 1.23 bits per heavy atom. The number of rotatable bonds is 9. The van der Waals surface area contributed by atoms with Crippen molar-refractivity contribution in [3.8, 4) is 0 Å². The number of nitrogens with zero attached hydrogens (tertiary/aromatic N) is 2. The first-order chi connectivity index (χ1) is 12.0. The van der Waals surface area contributed by atoms with Crippen LogP contribution in [0.3, 0.4) is 0 Å². The second-order valence-corrected chi connectivity index (χ2v) is 7.74. The quantitative estimate of drug-likeness (QED) is 0.661. The van der Waals surface area contributed by atoms with Gasteiger partial charge in [-0.1, -0.05) is 56.5 Å². The van der Waals surface area contributed by atoms with E-state index in [1.165, 1.54) is 19.3 Å². The number of halogens is 1. The molecule has 0 spiro atoms. The summed E-state index contributed by atoms with van der Waals surface area (Å²) in [4.78, 5) is 15.1.